The van der Waals surface area contributed by atoms with Gasteiger partial charge in [0.2, 0.25) is 0 Å². The van der Waals surface area contributed by atoms with Crippen LogP contribution in [0.5, 0.6) is 0 Å². The summed E-state index contributed by atoms with van der Waals surface area (Å²) in [5.41, 5.74) is 3.71. The van der Waals surface area contributed by atoms with Crippen molar-refractivity contribution in [2.75, 3.05) is 0 Å². The second-order valence-corrected chi connectivity index (χ2v) is 6.02. The van der Waals surface area contributed by atoms with Gasteiger partial charge in [0.05, 0.1) is 10.1 Å². The molecule has 0 N–H and O–H groups in total. The molecule has 0 saturated carbocycles. The Balaban J connectivity index is 2.48. The molecule has 105 valence electrons. The van der Waals surface area contributed by atoms with Crippen LogP contribution in [0.2, 0.25) is 0 Å². The quantitative estimate of drug-likeness (QED) is 0.665. The molecule has 20 heavy (non-hydrogen) atoms. The number of ketones is 1. The molecule has 0 aliphatic heterocycles. The first-order chi connectivity index (χ1) is 9.41. The van der Waals surface area contributed by atoms with Crippen molar-refractivity contribution in [2.24, 2.45) is 5.92 Å². The molecule has 1 aromatic rings. The molecular formula is C17H17Cl2O. The van der Waals surface area contributed by atoms with Crippen LogP contribution in [-0.2, 0) is 0 Å². The van der Waals surface area contributed by atoms with Gasteiger partial charge in [0.25, 0.3) is 0 Å². The number of carbonyl (C=O) groups is 1. The van der Waals surface area contributed by atoms with Gasteiger partial charge in [-0.15, -0.1) is 0 Å². The maximum Gasteiger partial charge on any atom is 0.159 e. The lowest BCUT2D eigenvalue weighted by Crippen LogP contribution is -2.06. The van der Waals surface area contributed by atoms with Gasteiger partial charge in [0, 0.05) is 5.56 Å². The molecule has 0 spiro atoms. The van der Waals surface area contributed by atoms with Crippen LogP contribution in [0.4, 0.5) is 0 Å². The maximum absolute atomic E-state index is 11.5. The van der Waals surface area contributed by atoms with E-state index in [1.165, 1.54) is 0 Å². The summed E-state index contributed by atoms with van der Waals surface area (Å²) in [7, 11) is 0. The van der Waals surface area contributed by atoms with Crippen molar-refractivity contribution in [1.29, 1.82) is 0 Å². The summed E-state index contributed by atoms with van der Waals surface area (Å²) in [5.74, 6) is 0.397. The van der Waals surface area contributed by atoms with Crippen LogP contribution in [0.3, 0.4) is 0 Å². The Morgan fingerprint density at radius 3 is 2.50 bits per heavy atom. The number of hydrogen-bond donors (Lipinski definition) is 0. The second kappa shape index (κ2) is 6.15. The Bertz CT molecular complexity index is 609. The van der Waals surface area contributed by atoms with E-state index in [0.29, 0.717) is 21.5 Å². The van der Waals surface area contributed by atoms with Crippen LogP contribution in [0.15, 0.2) is 39.9 Å². The van der Waals surface area contributed by atoms with Gasteiger partial charge >= 0.3 is 0 Å². The SMILES string of the molecule is CC(=O)c1cccc(C2=C(Cl)C(Cl)=C(C(C)C)[CH]C2)c1. The molecule has 0 heterocycles. The van der Waals surface area contributed by atoms with E-state index >= 15 is 0 Å². The van der Waals surface area contributed by atoms with Crippen LogP contribution in [-0.4, -0.2) is 5.78 Å². The van der Waals surface area contributed by atoms with Crippen LogP contribution in [0.1, 0.15) is 43.1 Å². The Morgan fingerprint density at radius 2 is 1.90 bits per heavy atom. The molecule has 0 bridgehead atoms. The third-order valence-electron chi connectivity index (χ3n) is 3.48. The van der Waals surface area contributed by atoms with Crippen molar-refractivity contribution in [2.45, 2.75) is 27.2 Å². The highest BCUT2D eigenvalue weighted by molar-refractivity contribution is 6.46. The molecular weight excluding hydrogens is 291 g/mol. The number of rotatable bonds is 3. The van der Waals surface area contributed by atoms with E-state index < -0.39 is 0 Å². The predicted molar refractivity (Wildman–Crippen MR) is 85.9 cm³/mol. The number of allylic oxidation sites excluding steroid dienone is 4. The molecule has 1 aromatic carbocycles. The largest absolute Gasteiger partial charge is 0.295 e. The molecule has 1 aliphatic carbocycles. The van der Waals surface area contributed by atoms with E-state index in [9.17, 15) is 4.79 Å². The van der Waals surface area contributed by atoms with Gasteiger partial charge in [-0.1, -0.05) is 55.2 Å². The molecule has 0 fully saturated rings. The zero-order valence-corrected chi connectivity index (χ0v) is 13.3. The molecule has 0 aromatic heterocycles. The average Bonchev–Trinajstić information content (AvgIpc) is 2.41. The fourth-order valence-corrected chi connectivity index (χ4v) is 3.01. The fourth-order valence-electron chi connectivity index (χ4n) is 2.31. The first-order valence-electron chi connectivity index (χ1n) is 6.65. The van der Waals surface area contributed by atoms with E-state index in [0.717, 1.165) is 23.1 Å². The average molecular weight is 308 g/mol. The van der Waals surface area contributed by atoms with Gasteiger partial charge in [-0.25, -0.2) is 0 Å². The summed E-state index contributed by atoms with van der Waals surface area (Å²) in [4.78, 5) is 11.5. The maximum atomic E-state index is 11.5. The van der Waals surface area contributed by atoms with Gasteiger partial charge in [0.1, 0.15) is 0 Å². The third kappa shape index (κ3) is 2.99. The smallest absolute Gasteiger partial charge is 0.159 e. The van der Waals surface area contributed by atoms with E-state index in [1.54, 1.807) is 6.92 Å². The van der Waals surface area contributed by atoms with Gasteiger partial charge in [-0.05, 0) is 48.5 Å². The highest BCUT2D eigenvalue weighted by Gasteiger charge is 2.22. The van der Waals surface area contributed by atoms with E-state index in [4.69, 9.17) is 23.2 Å². The molecule has 0 amide bonds. The fraction of sp³-hybridized carbons (Fsp3) is 0.294. The summed E-state index contributed by atoms with van der Waals surface area (Å²) in [5, 5.41) is 1.22. The standard InChI is InChI=1S/C17H17Cl2O/c1-10(2)14-7-8-15(17(19)16(14)18)13-6-4-5-12(9-13)11(3)20/h4-7,9-10H,8H2,1-3H3. The Kier molecular flexibility index (Phi) is 4.72. The molecule has 0 atom stereocenters. The molecule has 1 nitrogen and oxygen atoms in total. The highest BCUT2D eigenvalue weighted by Crippen LogP contribution is 2.41. The number of halogens is 2. The lowest BCUT2D eigenvalue weighted by Gasteiger charge is -2.22. The van der Waals surface area contributed by atoms with Crippen molar-refractivity contribution in [3.05, 3.63) is 57.5 Å². The number of carbonyl (C=O) groups excluding carboxylic acids is 1. The molecule has 2 rings (SSSR count). The second-order valence-electron chi connectivity index (χ2n) is 5.26. The summed E-state index contributed by atoms with van der Waals surface area (Å²) >= 11 is 12.8. The summed E-state index contributed by atoms with van der Waals surface area (Å²) in [6, 6.07) is 7.52. The van der Waals surface area contributed by atoms with Gasteiger partial charge in [-0.3, -0.25) is 4.79 Å². The monoisotopic (exact) mass is 307 g/mol. The molecule has 0 unspecified atom stereocenters. The molecule has 1 radical (unpaired) electrons. The minimum Gasteiger partial charge on any atom is -0.295 e. The van der Waals surface area contributed by atoms with Crippen LogP contribution >= 0.6 is 23.2 Å². The van der Waals surface area contributed by atoms with Gasteiger partial charge in [-0.2, -0.15) is 0 Å². The van der Waals surface area contributed by atoms with E-state index in [-0.39, 0.29) is 5.78 Å². The first kappa shape index (κ1) is 15.3. The zero-order chi connectivity index (χ0) is 14.9. The Labute approximate surface area is 130 Å². The van der Waals surface area contributed by atoms with E-state index in [1.807, 2.05) is 24.3 Å². The first-order valence-corrected chi connectivity index (χ1v) is 7.40. The van der Waals surface area contributed by atoms with Crippen LogP contribution in [0.25, 0.3) is 5.57 Å². The van der Waals surface area contributed by atoms with Crippen molar-refractivity contribution < 1.29 is 4.79 Å². The minimum atomic E-state index is 0.0490. The third-order valence-corrected chi connectivity index (χ3v) is 4.40. The van der Waals surface area contributed by atoms with Gasteiger partial charge in [0.15, 0.2) is 5.78 Å². The number of Topliss-reactive ketones (excluding diaryl/α,β-unsaturated/α-hetero) is 1. The topological polar surface area (TPSA) is 17.1 Å². The lowest BCUT2D eigenvalue weighted by molar-refractivity contribution is 0.101. The Hall–Kier alpha value is -1.05. The Morgan fingerprint density at radius 1 is 1.20 bits per heavy atom. The summed E-state index contributed by atoms with van der Waals surface area (Å²) < 4.78 is 0. The zero-order valence-electron chi connectivity index (χ0n) is 11.8. The highest BCUT2D eigenvalue weighted by atomic mass is 35.5. The van der Waals surface area contributed by atoms with Gasteiger partial charge < -0.3 is 0 Å². The van der Waals surface area contributed by atoms with Crippen molar-refractivity contribution in [3.63, 3.8) is 0 Å². The van der Waals surface area contributed by atoms with E-state index in [2.05, 4.69) is 20.3 Å². The summed E-state index contributed by atoms with van der Waals surface area (Å²) in [6.07, 6.45) is 2.86. The molecule has 3 heteroatoms. The van der Waals surface area contributed by atoms with Crippen LogP contribution < -0.4 is 0 Å². The molecule has 0 saturated heterocycles. The predicted octanol–water partition coefficient (Wildman–Crippen LogP) is 5.60. The summed E-state index contributed by atoms with van der Waals surface area (Å²) in [6.45, 7) is 5.76. The van der Waals surface area contributed by atoms with Crippen molar-refractivity contribution in [1.82, 2.24) is 0 Å². The molecule has 1 aliphatic rings. The van der Waals surface area contributed by atoms with Crippen LogP contribution in [0, 0.1) is 12.3 Å². The lowest BCUT2D eigenvalue weighted by atomic mass is 9.87. The minimum absolute atomic E-state index is 0.0490. The van der Waals surface area contributed by atoms with Crippen molar-refractivity contribution >= 4 is 34.6 Å². The van der Waals surface area contributed by atoms with Crippen molar-refractivity contribution in [3.8, 4) is 0 Å². The normalized spacial score (nSPS) is 16.1. The number of hydrogen-bond acceptors (Lipinski definition) is 1. The number of benzene rings is 1.